The van der Waals surface area contributed by atoms with Crippen molar-refractivity contribution in [2.75, 3.05) is 50.2 Å². The summed E-state index contributed by atoms with van der Waals surface area (Å²) in [6.07, 6.45) is 3.89. The number of methoxy groups -OCH3 is 1. The Bertz CT molecular complexity index is 1300. The summed E-state index contributed by atoms with van der Waals surface area (Å²) in [5, 5.41) is 8.35. The van der Waals surface area contributed by atoms with Crippen LogP contribution in [-0.4, -0.2) is 60.4 Å². The molecule has 3 N–H and O–H groups in total. The molecule has 0 spiro atoms. The van der Waals surface area contributed by atoms with Crippen LogP contribution in [0.2, 0.25) is 0 Å². The summed E-state index contributed by atoms with van der Waals surface area (Å²) in [5.41, 5.74) is 10.9. The Morgan fingerprint density at radius 3 is 2.71 bits per heavy atom. The summed E-state index contributed by atoms with van der Waals surface area (Å²) in [5.74, 6) is 1.10. The normalized spacial score (nSPS) is 14.6. The van der Waals surface area contributed by atoms with Crippen LogP contribution < -0.4 is 20.7 Å². The zero-order chi connectivity index (χ0) is 23.7. The zero-order valence-electron chi connectivity index (χ0n) is 19.7. The molecule has 0 saturated carbocycles. The second-order valence-electron chi connectivity index (χ2n) is 8.71. The van der Waals surface area contributed by atoms with Crippen LogP contribution in [0, 0.1) is 0 Å². The number of nitrogens with zero attached hydrogens (tertiary/aromatic N) is 5. The van der Waals surface area contributed by atoms with Gasteiger partial charge in [-0.05, 0) is 51.2 Å². The van der Waals surface area contributed by atoms with Crippen molar-refractivity contribution in [3.8, 4) is 17.1 Å². The minimum atomic E-state index is 0.418. The number of benzene rings is 2. The summed E-state index contributed by atoms with van der Waals surface area (Å²) in [4.78, 5) is 13.6. The Kier molecular flexibility index (Phi) is 5.93. The molecular formula is C25H29N7O2. The molecule has 2 aromatic heterocycles. The summed E-state index contributed by atoms with van der Waals surface area (Å²) >= 11 is 0. The van der Waals surface area contributed by atoms with Crippen molar-refractivity contribution in [2.45, 2.75) is 18.9 Å². The molecule has 1 aliphatic heterocycles. The van der Waals surface area contributed by atoms with Crippen molar-refractivity contribution < 1.29 is 9.26 Å². The molecule has 5 rings (SSSR count). The van der Waals surface area contributed by atoms with Gasteiger partial charge in [-0.3, -0.25) is 0 Å². The number of para-hydroxylation sites is 1. The number of nitrogens with one attached hydrogen (secondary N) is 1. The van der Waals surface area contributed by atoms with E-state index in [1.165, 1.54) is 0 Å². The second-order valence-corrected chi connectivity index (χ2v) is 8.71. The maximum absolute atomic E-state index is 6.48. The van der Waals surface area contributed by atoms with Crippen LogP contribution in [0.5, 0.6) is 5.75 Å². The highest BCUT2D eigenvalue weighted by atomic mass is 16.5. The Hall–Kier alpha value is -3.85. The van der Waals surface area contributed by atoms with E-state index in [4.69, 9.17) is 15.0 Å². The van der Waals surface area contributed by atoms with E-state index >= 15 is 0 Å². The topological polar surface area (TPSA) is 106 Å². The van der Waals surface area contributed by atoms with Crippen LogP contribution in [0.3, 0.4) is 0 Å². The third kappa shape index (κ3) is 4.22. The average Bonchev–Trinajstić information content (AvgIpc) is 3.29. The molecule has 9 nitrogen and oxygen atoms in total. The van der Waals surface area contributed by atoms with E-state index in [2.05, 4.69) is 44.3 Å². The van der Waals surface area contributed by atoms with Gasteiger partial charge in [0.05, 0.1) is 35.3 Å². The van der Waals surface area contributed by atoms with Crippen LogP contribution in [0.1, 0.15) is 12.8 Å². The second kappa shape index (κ2) is 9.18. The molecule has 4 aromatic rings. The monoisotopic (exact) mass is 459 g/mol. The molecule has 176 valence electrons. The SMILES string of the molecule is COc1cc(N2CCC(N(C)C)CC2)c(N)cc1Nc1nccc(-c2noc3ccccc23)n1. The van der Waals surface area contributed by atoms with Gasteiger partial charge < -0.3 is 30.1 Å². The maximum Gasteiger partial charge on any atom is 0.227 e. The molecule has 0 radical (unpaired) electrons. The first kappa shape index (κ1) is 22.0. The summed E-state index contributed by atoms with van der Waals surface area (Å²) < 4.78 is 11.1. The van der Waals surface area contributed by atoms with E-state index in [1.54, 1.807) is 13.3 Å². The number of piperidine rings is 1. The molecule has 1 fully saturated rings. The van der Waals surface area contributed by atoms with E-state index < -0.39 is 0 Å². The van der Waals surface area contributed by atoms with Gasteiger partial charge in [0.25, 0.3) is 0 Å². The van der Waals surface area contributed by atoms with Crippen molar-refractivity contribution >= 4 is 34.0 Å². The molecule has 3 heterocycles. The van der Waals surface area contributed by atoms with Gasteiger partial charge in [-0.15, -0.1) is 0 Å². The number of ether oxygens (including phenoxy) is 1. The van der Waals surface area contributed by atoms with Gasteiger partial charge >= 0.3 is 0 Å². The highest BCUT2D eigenvalue weighted by Crippen LogP contribution is 2.38. The highest BCUT2D eigenvalue weighted by molar-refractivity contribution is 5.90. The number of hydrogen-bond acceptors (Lipinski definition) is 9. The molecule has 0 aliphatic carbocycles. The minimum Gasteiger partial charge on any atom is -0.494 e. The molecule has 0 unspecified atom stereocenters. The minimum absolute atomic E-state index is 0.418. The molecule has 2 aromatic carbocycles. The summed E-state index contributed by atoms with van der Waals surface area (Å²) in [6, 6.07) is 14.0. The lowest BCUT2D eigenvalue weighted by atomic mass is 10.0. The van der Waals surface area contributed by atoms with Gasteiger partial charge in [-0.2, -0.15) is 0 Å². The first-order valence-electron chi connectivity index (χ1n) is 11.4. The van der Waals surface area contributed by atoms with Crippen LogP contribution >= 0.6 is 0 Å². The third-order valence-corrected chi connectivity index (χ3v) is 6.41. The van der Waals surface area contributed by atoms with Gasteiger partial charge in [0.15, 0.2) is 5.58 Å². The quantitative estimate of drug-likeness (QED) is 0.411. The largest absolute Gasteiger partial charge is 0.494 e. The first-order valence-corrected chi connectivity index (χ1v) is 11.4. The van der Waals surface area contributed by atoms with Crippen molar-refractivity contribution in [3.63, 3.8) is 0 Å². The Morgan fingerprint density at radius 2 is 1.94 bits per heavy atom. The summed E-state index contributed by atoms with van der Waals surface area (Å²) in [7, 11) is 5.93. The van der Waals surface area contributed by atoms with Crippen LogP contribution in [-0.2, 0) is 0 Å². The molecule has 1 aliphatic rings. The van der Waals surface area contributed by atoms with Crippen LogP contribution in [0.15, 0.2) is 53.2 Å². The number of fused-ring (bicyclic) bond motifs is 1. The van der Waals surface area contributed by atoms with Crippen molar-refractivity contribution in [2.24, 2.45) is 0 Å². The van der Waals surface area contributed by atoms with Gasteiger partial charge in [-0.1, -0.05) is 17.3 Å². The molecule has 0 atom stereocenters. The van der Waals surface area contributed by atoms with E-state index in [9.17, 15) is 0 Å². The summed E-state index contributed by atoms with van der Waals surface area (Å²) in [6.45, 7) is 1.92. The smallest absolute Gasteiger partial charge is 0.227 e. The predicted octanol–water partition coefficient (Wildman–Crippen LogP) is 4.15. The Morgan fingerprint density at radius 1 is 1.15 bits per heavy atom. The lowest BCUT2D eigenvalue weighted by Crippen LogP contribution is -2.42. The maximum atomic E-state index is 6.48. The first-order chi connectivity index (χ1) is 16.5. The molecule has 1 saturated heterocycles. The van der Waals surface area contributed by atoms with Crippen molar-refractivity contribution in [1.29, 1.82) is 0 Å². The fraction of sp³-hybridized carbons (Fsp3) is 0.320. The van der Waals surface area contributed by atoms with E-state index in [0.717, 1.165) is 37.0 Å². The van der Waals surface area contributed by atoms with Crippen LogP contribution in [0.4, 0.5) is 23.0 Å². The number of hydrogen-bond donors (Lipinski definition) is 2. The Balaban J connectivity index is 1.40. The molecule has 34 heavy (non-hydrogen) atoms. The molecule has 9 heteroatoms. The standard InChI is InChI=1S/C25H29N7O2/c1-31(2)16-9-12-32(13-10-16)21-15-23(33-3)20(14-18(21)26)29-25-27-11-8-19(28-25)24-17-6-4-5-7-22(17)34-30-24/h4-8,11,14-16H,9-10,12-13,26H2,1-3H3,(H,27,28,29). The predicted molar refractivity (Wildman–Crippen MR) is 135 cm³/mol. The third-order valence-electron chi connectivity index (χ3n) is 6.41. The highest BCUT2D eigenvalue weighted by Gasteiger charge is 2.23. The number of aromatic nitrogens is 3. The fourth-order valence-corrected chi connectivity index (χ4v) is 4.49. The van der Waals surface area contributed by atoms with Crippen molar-refractivity contribution in [1.82, 2.24) is 20.0 Å². The van der Waals surface area contributed by atoms with Gasteiger partial charge in [0, 0.05) is 31.4 Å². The zero-order valence-corrected chi connectivity index (χ0v) is 19.7. The lowest BCUT2D eigenvalue weighted by molar-refractivity contribution is 0.249. The molecule has 0 amide bonds. The lowest BCUT2D eigenvalue weighted by Gasteiger charge is -2.37. The van der Waals surface area contributed by atoms with Gasteiger partial charge in [-0.25, -0.2) is 9.97 Å². The van der Waals surface area contributed by atoms with E-state index in [-0.39, 0.29) is 0 Å². The number of nitrogens with two attached hydrogens (primary N) is 1. The van der Waals surface area contributed by atoms with Gasteiger partial charge in [0.1, 0.15) is 11.4 Å². The number of nitrogen functional groups attached to an aromatic ring is 1. The van der Waals surface area contributed by atoms with Gasteiger partial charge in [0.2, 0.25) is 5.95 Å². The van der Waals surface area contributed by atoms with E-state index in [0.29, 0.717) is 46.1 Å². The molecular weight excluding hydrogens is 430 g/mol. The Labute approximate surface area is 198 Å². The molecule has 0 bridgehead atoms. The average molecular weight is 460 g/mol. The fourth-order valence-electron chi connectivity index (χ4n) is 4.49. The number of rotatable bonds is 6. The van der Waals surface area contributed by atoms with Crippen LogP contribution in [0.25, 0.3) is 22.4 Å². The number of anilines is 4. The van der Waals surface area contributed by atoms with Crippen molar-refractivity contribution in [3.05, 3.63) is 48.7 Å². The van der Waals surface area contributed by atoms with E-state index in [1.807, 2.05) is 42.5 Å².